The van der Waals surface area contributed by atoms with Crippen molar-refractivity contribution in [3.8, 4) is 5.75 Å². The summed E-state index contributed by atoms with van der Waals surface area (Å²) in [5.41, 5.74) is 0. The molecule has 0 bridgehead atoms. The molecule has 0 aliphatic heterocycles. The summed E-state index contributed by atoms with van der Waals surface area (Å²) >= 11 is 0. The third-order valence-corrected chi connectivity index (χ3v) is 4.52. The first-order chi connectivity index (χ1) is 10.4. The van der Waals surface area contributed by atoms with E-state index in [1.165, 1.54) is 24.3 Å². The molecule has 22 heavy (non-hydrogen) atoms. The van der Waals surface area contributed by atoms with Crippen molar-refractivity contribution in [2.24, 2.45) is 0 Å². The van der Waals surface area contributed by atoms with Crippen molar-refractivity contribution < 1.29 is 17.9 Å². The van der Waals surface area contributed by atoms with Crippen molar-refractivity contribution in [3.63, 3.8) is 0 Å². The lowest BCUT2D eigenvalue weighted by Crippen LogP contribution is -2.32. The Morgan fingerprint density at radius 1 is 1.36 bits per heavy atom. The average Bonchev–Trinajstić information content (AvgIpc) is 2.50. The molecule has 0 radical (unpaired) electrons. The van der Waals surface area contributed by atoms with Gasteiger partial charge in [-0.2, -0.15) is 0 Å². The van der Waals surface area contributed by atoms with Crippen LogP contribution in [0.15, 0.2) is 41.8 Å². The summed E-state index contributed by atoms with van der Waals surface area (Å²) in [5.74, 6) is 0.159. The largest absolute Gasteiger partial charge is 0.484 e. The van der Waals surface area contributed by atoms with Gasteiger partial charge in [-0.05, 0) is 37.6 Å². The summed E-state index contributed by atoms with van der Waals surface area (Å²) in [7, 11) is -3.53. The maximum absolute atomic E-state index is 12.1. The van der Waals surface area contributed by atoms with Gasteiger partial charge in [0.15, 0.2) is 6.61 Å². The van der Waals surface area contributed by atoms with E-state index >= 15 is 0 Å². The minimum absolute atomic E-state index is 0.130. The Hall–Kier alpha value is -1.86. The van der Waals surface area contributed by atoms with Crippen LogP contribution >= 0.6 is 0 Å². The lowest BCUT2D eigenvalue weighted by atomic mass is 10.3. The molecule has 0 fully saturated rings. The van der Waals surface area contributed by atoms with Gasteiger partial charge in [-0.25, -0.2) is 13.1 Å². The van der Waals surface area contributed by atoms with Gasteiger partial charge in [-0.3, -0.25) is 4.79 Å². The van der Waals surface area contributed by atoms with Crippen LogP contribution in [-0.2, 0) is 14.8 Å². The molecule has 122 valence electrons. The molecule has 1 amide bonds. The van der Waals surface area contributed by atoms with Crippen molar-refractivity contribution in [1.29, 1.82) is 0 Å². The summed E-state index contributed by atoms with van der Waals surface area (Å²) in [6.07, 6.45) is 2.28. The topological polar surface area (TPSA) is 84.5 Å². The zero-order valence-electron chi connectivity index (χ0n) is 12.8. The predicted molar refractivity (Wildman–Crippen MR) is 85.2 cm³/mol. The van der Waals surface area contributed by atoms with Gasteiger partial charge in [-0.1, -0.05) is 13.0 Å². The highest BCUT2D eigenvalue weighted by Gasteiger charge is 2.16. The van der Waals surface area contributed by atoms with Crippen LogP contribution in [0.5, 0.6) is 5.75 Å². The molecule has 1 rings (SSSR count). The maximum atomic E-state index is 12.1. The number of amides is 1. The summed E-state index contributed by atoms with van der Waals surface area (Å²) in [6.45, 7) is 7.44. The van der Waals surface area contributed by atoms with Gasteiger partial charge in [0.05, 0.1) is 4.90 Å². The Morgan fingerprint density at radius 3 is 2.55 bits per heavy atom. The van der Waals surface area contributed by atoms with Crippen LogP contribution < -0.4 is 14.8 Å². The number of sulfonamides is 1. The predicted octanol–water partition coefficient (Wildman–Crippen LogP) is 1.44. The van der Waals surface area contributed by atoms with Crippen LogP contribution in [0, 0.1) is 0 Å². The van der Waals surface area contributed by atoms with Crippen LogP contribution in [0.4, 0.5) is 0 Å². The molecule has 0 aliphatic carbocycles. The van der Waals surface area contributed by atoms with Gasteiger partial charge >= 0.3 is 0 Å². The highest BCUT2D eigenvalue weighted by atomic mass is 32.2. The molecule has 0 unspecified atom stereocenters. The zero-order valence-corrected chi connectivity index (χ0v) is 13.7. The van der Waals surface area contributed by atoms with Crippen molar-refractivity contribution in [1.82, 2.24) is 10.0 Å². The summed E-state index contributed by atoms with van der Waals surface area (Å²) in [6, 6.07) is 5.80. The average molecular weight is 326 g/mol. The first kappa shape index (κ1) is 18.2. The van der Waals surface area contributed by atoms with E-state index in [9.17, 15) is 13.2 Å². The van der Waals surface area contributed by atoms with E-state index in [2.05, 4.69) is 16.6 Å². The van der Waals surface area contributed by atoms with Gasteiger partial charge < -0.3 is 10.1 Å². The number of nitrogens with one attached hydrogen (secondary N) is 2. The van der Waals surface area contributed by atoms with E-state index in [-0.39, 0.29) is 23.5 Å². The fourth-order valence-electron chi connectivity index (χ4n) is 1.52. The van der Waals surface area contributed by atoms with Crippen LogP contribution in [-0.4, -0.2) is 33.5 Å². The third-order valence-electron chi connectivity index (χ3n) is 2.92. The molecular weight excluding hydrogens is 304 g/mol. The van der Waals surface area contributed by atoms with Crippen LogP contribution in [0.3, 0.4) is 0 Å². The van der Waals surface area contributed by atoms with Gasteiger partial charge in [0.25, 0.3) is 5.91 Å². The normalized spacial score (nSPS) is 12.5. The molecule has 0 aliphatic rings. The molecule has 1 atom stereocenters. The van der Waals surface area contributed by atoms with Gasteiger partial charge in [-0.15, -0.1) is 6.58 Å². The SMILES string of the molecule is C=CCNC(=O)COc1ccc(S(=O)(=O)N[C@H](C)CC)cc1. The quantitative estimate of drug-likeness (QED) is 0.673. The molecule has 7 heteroatoms. The van der Waals surface area contributed by atoms with Gasteiger partial charge in [0, 0.05) is 12.6 Å². The van der Waals surface area contributed by atoms with Gasteiger partial charge in [0.2, 0.25) is 10.0 Å². The second-order valence-corrected chi connectivity index (χ2v) is 6.50. The molecule has 1 aromatic carbocycles. The molecule has 0 saturated carbocycles. The first-order valence-electron chi connectivity index (χ1n) is 7.01. The van der Waals surface area contributed by atoms with Crippen molar-refractivity contribution in [2.75, 3.05) is 13.2 Å². The number of carbonyl (C=O) groups is 1. The maximum Gasteiger partial charge on any atom is 0.258 e. The standard InChI is InChI=1S/C15H22N2O4S/c1-4-10-16-15(18)11-21-13-6-8-14(9-7-13)22(19,20)17-12(3)5-2/h4,6-9,12,17H,1,5,10-11H2,2-3H3,(H,16,18)/t12-/m1/s1. The Balaban J connectivity index is 2.63. The summed E-state index contributed by atoms with van der Waals surface area (Å²) in [5, 5.41) is 2.58. The summed E-state index contributed by atoms with van der Waals surface area (Å²) in [4.78, 5) is 11.5. The Kier molecular flexibility index (Phi) is 7.07. The molecule has 0 aromatic heterocycles. The molecule has 0 spiro atoms. The molecule has 2 N–H and O–H groups in total. The van der Waals surface area contributed by atoms with Crippen LogP contribution in [0.2, 0.25) is 0 Å². The van der Waals surface area contributed by atoms with E-state index in [1.807, 2.05) is 6.92 Å². The first-order valence-corrected chi connectivity index (χ1v) is 8.50. The zero-order chi connectivity index (χ0) is 16.6. The number of benzene rings is 1. The molecule has 0 heterocycles. The lowest BCUT2D eigenvalue weighted by molar-refractivity contribution is -0.122. The number of carbonyl (C=O) groups excluding carboxylic acids is 1. The lowest BCUT2D eigenvalue weighted by Gasteiger charge is -2.12. The van der Waals surface area contributed by atoms with Crippen molar-refractivity contribution in [2.45, 2.75) is 31.2 Å². The van der Waals surface area contributed by atoms with E-state index in [0.717, 1.165) is 0 Å². The number of hydrogen-bond donors (Lipinski definition) is 2. The Labute approximate surface area is 131 Å². The number of ether oxygens (including phenoxy) is 1. The minimum Gasteiger partial charge on any atom is -0.484 e. The monoisotopic (exact) mass is 326 g/mol. The van der Waals surface area contributed by atoms with Crippen molar-refractivity contribution in [3.05, 3.63) is 36.9 Å². The third kappa shape index (κ3) is 5.87. The van der Waals surface area contributed by atoms with E-state index in [0.29, 0.717) is 18.7 Å². The molecular formula is C15H22N2O4S. The van der Waals surface area contributed by atoms with Crippen LogP contribution in [0.25, 0.3) is 0 Å². The fourth-order valence-corrected chi connectivity index (χ4v) is 2.84. The summed E-state index contributed by atoms with van der Waals surface area (Å²) < 4.78 is 32.0. The molecule has 0 saturated heterocycles. The van der Waals surface area contributed by atoms with Crippen molar-refractivity contribution >= 4 is 15.9 Å². The Bertz CT molecular complexity index is 596. The molecule has 6 nitrogen and oxygen atoms in total. The van der Waals surface area contributed by atoms with Gasteiger partial charge in [0.1, 0.15) is 5.75 Å². The highest BCUT2D eigenvalue weighted by Crippen LogP contribution is 2.16. The molecule has 1 aromatic rings. The number of hydrogen-bond acceptors (Lipinski definition) is 4. The minimum atomic E-state index is -3.53. The Morgan fingerprint density at radius 2 is 2.00 bits per heavy atom. The highest BCUT2D eigenvalue weighted by molar-refractivity contribution is 7.89. The van der Waals surface area contributed by atoms with E-state index in [1.54, 1.807) is 13.0 Å². The second-order valence-electron chi connectivity index (χ2n) is 4.78. The van der Waals surface area contributed by atoms with E-state index in [4.69, 9.17) is 4.74 Å². The fraction of sp³-hybridized carbons (Fsp3) is 0.400. The number of rotatable bonds is 9. The second kappa shape index (κ2) is 8.55. The van der Waals surface area contributed by atoms with E-state index < -0.39 is 10.0 Å². The smallest absolute Gasteiger partial charge is 0.258 e. The van der Waals surface area contributed by atoms with Crippen LogP contribution in [0.1, 0.15) is 20.3 Å².